The van der Waals surface area contributed by atoms with E-state index in [-0.39, 0.29) is 5.91 Å². The van der Waals surface area contributed by atoms with Crippen LogP contribution in [0.25, 0.3) is 0 Å². The second-order valence-electron chi connectivity index (χ2n) is 6.86. The molecule has 5 heteroatoms. The first kappa shape index (κ1) is 19.0. The fourth-order valence-electron chi connectivity index (χ4n) is 3.13. The van der Waals surface area contributed by atoms with Gasteiger partial charge in [0, 0.05) is 36.8 Å². The second kappa shape index (κ2) is 8.71. The summed E-state index contributed by atoms with van der Waals surface area (Å²) < 4.78 is 0. The Labute approximate surface area is 160 Å². The standard InChI is InChI=1S/C21H27N3OS/c1-15-6-8-17(9-7-15)20(22)21(25)23-19-5-3-4-18(16(19)2)14-24-10-12-26-13-11-24/h3-9,20H,10-14,22H2,1-2H3,(H,23,25). The van der Waals surface area contributed by atoms with Gasteiger partial charge in [-0.25, -0.2) is 0 Å². The van der Waals surface area contributed by atoms with E-state index in [4.69, 9.17) is 5.73 Å². The minimum atomic E-state index is -0.669. The Kier molecular flexibility index (Phi) is 6.35. The molecule has 1 fully saturated rings. The highest BCUT2D eigenvalue weighted by Crippen LogP contribution is 2.23. The van der Waals surface area contributed by atoms with E-state index in [2.05, 4.69) is 23.2 Å². The van der Waals surface area contributed by atoms with E-state index < -0.39 is 6.04 Å². The fourth-order valence-corrected chi connectivity index (χ4v) is 4.10. The van der Waals surface area contributed by atoms with Crippen LogP contribution < -0.4 is 11.1 Å². The summed E-state index contributed by atoms with van der Waals surface area (Å²) in [6, 6.07) is 13.2. The maximum absolute atomic E-state index is 12.6. The molecule has 0 aliphatic carbocycles. The molecule has 1 heterocycles. The number of carbonyl (C=O) groups is 1. The van der Waals surface area contributed by atoms with E-state index in [0.717, 1.165) is 42.0 Å². The molecule has 0 radical (unpaired) electrons. The normalized spacial score (nSPS) is 16.3. The van der Waals surface area contributed by atoms with Gasteiger partial charge in [0.2, 0.25) is 5.91 Å². The van der Waals surface area contributed by atoms with E-state index in [1.807, 2.05) is 55.1 Å². The largest absolute Gasteiger partial charge is 0.324 e. The van der Waals surface area contributed by atoms with Crippen molar-refractivity contribution in [3.05, 3.63) is 64.7 Å². The van der Waals surface area contributed by atoms with E-state index in [9.17, 15) is 4.79 Å². The highest BCUT2D eigenvalue weighted by molar-refractivity contribution is 7.99. The Morgan fingerprint density at radius 3 is 2.54 bits per heavy atom. The van der Waals surface area contributed by atoms with Crippen molar-refractivity contribution in [1.29, 1.82) is 0 Å². The second-order valence-corrected chi connectivity index (χ2v) is 8.08. The zero-order valence-electron chi connectivity index (χ0n) is 15.5. The number of benzene rings is 2. The topological polar surface area (TPSA) is 58.4 Å². The maximum Gasteiger partial charge on any atom is 0.245 e. The molecule has 2 aromatic rings. The van der Waals surface area contributed by atoms with Crippen molar-refractivity contribution in [2.24, 2.45) is 5.73 Å². The van der Waals surface area contributed by atoms with Crippen LogP contribution in [0.1, 0.15) is 28.3 Å². The summed E-state index contributed by atoms with van der Waals surface area (Å²) in [5.41, 5.74) is 11.4. The number of amides is 1. The average molecular weight is 370 g/mol. The van der Waals surface area contributed by atoms with Crippen molar-refractivity contribution in [3.63, 3.8) is 0 Å². The van der Waals surface area contributed by atoms with Gasteiger partial charge in [0.05, 0.1) is 0 Å². The number of nitrogens with two attached hydrogens (primary N) is 1. The van der Waals surface area contributed by atoms with Crippen LogP contribution in [0.4, 0.5) is 5.69 Å². The SMILES string of the molecule is Cc1ccc(C(N)C(=O)Nc2cccc(CN3CCSCC3)c2C)cc1. The molecule has 2 aromatic carbocycles. The lowest BCUT2D eigenvalue weighted by Gasteiger charge is -2.27. The smallest absolute Gasteiger partial charge is 0.245 e. The van der Waals surface area contributed by atoms with Gasteiger partial charge in [-0.2, -0.15) is 11.8 Å². The van der Waals surface area contributed by atoms with Crippen LogP contribution in [0, 0.1) is 13.8 Å². The fraction of sp³-hybridized carbons (Fsp3) is 0.381. The highest BCUT2D eigenvalue weighted by atomic mass is 32.2. The molecule has 3 N–H and O–H groups in total. The zero-order chi connectivity index (χ0) is 18.5. The molecule has 26 heavy (non-hydrogen) atoms. The van der Waals surface area contributed by atoms with Crippen molar-refractivity contribution in [2.75, 3.05) is 29.9 Å². The van der Waals surface area contributed by atoms with Crippen LogP contribution >= 0.6 is 11.8 Å². The third-order valence-corrected chi connectivity index (χ3v) is 5.86. The van der Waals surface area contributed by atoms with Gasteiger partial charge in [-0.1, -0.05) is 42.0 Å². The van der Waals surface area contributed by atoms with Crippen molar-refractivity contribution >= 4 is 23.4 Å². The van der Waals surface area contributed by atoms with Crippen molar-refractivity contribution < 1.29 is 4.79 Å². The first-order chi connectivity index (χ1) is 12.5. The van der Waals surface area contributed by atoms with E-state index >= 15 is 0 Å². The predicted molar refractivity (Wildman–Crippen MR) is 111 cm³/mol. The predicted octanol–water partition coefficient (Wildman–Crippen LogP) is 3.49. The molecule has 0 aromatic heterocycles. The van der Waals surface area contributed by atoms with E-state index in [0.29, 0.717) is 0 Å². The van der Waals surface area contributed by atoms with Crippen LogP contribution in [0.15, 0.2) is 42.5 Å². The summed E-state index contributed by atoms with van der Waals surface area (Å²) in [6.07, 6.45) is 0. The molecule has 138 valence electrons. The summed E-state index contributed by atoms with van der Waals surface area (Å²) in [5, 5.41) is 3.01. The number of anilines is 1. The molecule has 0 saturated carbocycles. The number of carbonyl (C=O) groups excluding carboxylic acids is 1. The summed E-state index contributed by atoms with van der Waals surface area (Å²) >= 11 is 2.01. The monoisotopic (exact) mass is 369 g/mol. The first-order valence-corrected chi connectivity index (χ1v) is 10.2. The van der Waals surface area contributed by atoms with Crippen LogP contribution in [0.5, 0.6) is 0 Å². The van der Waals surface area contributed by atoms with Gasteiger partial charge in [-0.15, -0.1) is 0 Å². The Morgan fingerprint density at radius 2 is 1.85 bits per heavy atom. The summed E-state index contributed by atoms with van der Waals surface area (Å²) in [5.74, 6) is 2.21. The van der Waals surface area contributed by atoms with Gasteiger partial charge < -0.3 is 11.1 Å². The van der Waals surface area contributed by atoms with E-state index in [1.165, 1.54) is 17.1 Å². The molecule has 3 rings (SSSR count). The number of nitrogens with one attached hydrogen (secondary N) is 1. The van der Waals surface area contributed by atoms with Gasteiger partial charge in [0.15, 0.2) is 0 Å². The third kappa shape index (κ3) is 4.67. The minimum absolute atomic E-state index is 0.177. The molecular weight excluding hydrogens is 342 g/mol. The number of thioether (sulfide) groups is 1. The van der Waals surface area contributed by atoms with Gasteiger partial charge in [-0.3, -0.25) is 9.69 Å². The molecule has 1 atom stereocenters. The Bertz CT molecular complexity index is 754. The molecule has 4 nitrogen and oxygen atoms in total. The molecule has 1 amide bonds. The molecule has 0 bridgehead atoms. The lowest BCUT2D eigenvalue weighted by Crippen LogP contribution is -2.32. The molecule has 1 unspecified atom stereocenters. The molecule has 0 spiro atoms. The number of nitrogens with zero attached hydrogens (tertiary/aromatic N) is 1. The van der Waals surface area contributed by atoms with Crippen LogP contribution in [0.3, 0.4) is 0 Å². The average Bonchev–Trinajstić information content (AvgIpc) is 2.66. The van der Waals surface area contributed by atoms with Crippen LogP contribution in [-0.4, -0.2) is 35.4 Å². The lowest BCUT2D eigenvalue weighted by atomic mass is 10.0. The Balaban J connectivity index is 1.69. The summed E-state index contributed by atoms with van der Waals surface area (Å²) in [7, 11) is 0. The Morgan fingerprint density at radius 1 is 1.15 bits per heavy atom. The number of hydrogen-bond acceptors (Lipinski definition) is 4. The van der Waals surface area contributed by atoms with Gasteiger partial charge >= 0.3 is 0 Å². The maximum atomic E-state index is 12.6. The quantitative estimate of drug-likeness (QED) is 0.847. The highest BCUT2D eigenvalue weighted by Gasteiger charge is 2.18. The van der Waals surface area contributed by atoms with Gasteiger partial charge in [0.1, 0.15) is 6.04 Å². The van der Waals surface area contributed by atoms with Crippen LogP contribution in [-0.2, 0) is 11.3 Å². The van der Waals surface area contributed by atoms with Gasteiger partial charge in [-0.05, 0) is 36.6 Å². The third-order valence-electron chi connectivity index (χ3n) is 4.92. The zero-order valence-corrected chi connectivity index (χ0v) is 16.3. The Hall–Kier alpha value is -1.82. The lowest BCUT2D eigenvalue weighted by molar-refractivity contribution is -0.117. The summed E-state index contributed by atoms with van der Waals surface area (Å²) in [4.78, 5) is 15.1. The first-order valence-electron chi connectivity index (χ1n) is 9.06. The number of rotatable bonds is 5. The van der Waals surface area contributed by atoms with Gasteiger partial charge in [0.25, 0.3) is 0 Å². The number of aryl methyl sites for hydroxylation is 1. The molecule has 1 aliphatic rings. The molecule has 1 saturated heterocycles. The van der Waals surface area contributed by atoms with Crippen LogP contribution in [0.2, 0.25) is 0 Å². The summed E-state index contributed by atoms with van der Waals surface area (Å²) in [6.45, 7) is 7.27. The molecular formula is C21H27N3OS. The van der Waals surface area contributed by atoms with Crippen molar-refractivity contribution in [2.45, 2.75) is 26.4 Å². The van der Waals surface area contributed by atoms with Crippen molar-refractivity contribution in [1.82, 2.24) is 4.90 Å². The minimum Gasteiger partial charge on any atom is -0.324 e. The molecule has 1 aliphatic heterocycles. The van der Waals surface area contributed by atoms with Crippen molar-refractivity contribution in [3.8, 4) is 0 Å². The van der Waals surface area contributed by atoms with E-state index in [1.54, 1.807) is 0 Å². The number of hydrogen-bond donors (Lipinski definition) is 2.